The Balaban J connectivity index is 0.00000176. The molecule has 3 rings (SSSR count). The second kappa shape index (κ2) is 7.13. The molecule has 0 radical (unpaired) electrons. The Hall–Kier alpha value is -1.56. The van der Waals surface area contributed by atoms with Crippen molar-refractivity contribution in [2.75, 3.05) is 19.6 Å². The van der Waals surface area contributed by atoms with E-state index >= 15 is 0 Å². The molecule has 0 spiro atoms. The molecule has 1 amide bonds. The molecule has 1 atom stereocenters. The lowest BCUT2D eigenvalue weighted by atomic mass is 10.1. The minimum Gasteiger partial charge on any atom is -0.338 e. The molecule has 1 aromatic heterocycles. The SMILES string of the molecule is Cl.NCC1CCN(C(=O)c2cnn(-c3ccc(Cl)cc3)c2)C1. The van der Waals surface area contributed by atoms with Gasteiger partial charge in [-0.2, -0.15) is 5.10 Å². The molecule has 1 saturated heterocycles. The molecule has 5 nitrogen and oxygen atoms in total. The smallest absolute Gasteiger partial charge is 0.257 e. The molecule has 2 N–H and O–H groups in total. The van der Waals surface area contributed by atoms with Crippen molar-refractivity contribution in [2.24, 2.45) is 11.7 Å². The number of amides is 1. The van der Waals surface area contributed by atoms with Crippen molar-refractivity contribution in [2.45, 2.75) is 6.42 Å². The lowest BCUT2D eigenvalue weighted by Gasteiger charge is -2.14. The second-order valence-corrected chi connectivity index (χ2v) is 5.73. The zero-order valence-corrected chi connectivity index (χ0v) is 13.6. The molecule has 0 saturated carbocycles. The molecular formula is C15H18Cl2N4O. The molecule has 22 heavy (non-hydrogen) atoms. The largest absolute Gasteiger partial charge is 0.338 e. The number of aromatic nitrogens is 2. The van der Waals surface area contributed by atoms with Crippen LogP contribution in [0.3, 0.4) is 0 Å². The fraction of sp³-hybridized carbons (Fsp3) is 0.333. The van der Waals surface area contributed by atoms with Gasteiger partial charge in [0.1, 0.15) is 0 Å². The standard InChI is InChI=1S/C15H17ClN4O.ClH/c16-13-1-3-14(4-2-13)20-10-12(8-18-20)15(21)19-6-5-11(7-17)9-19;/h1-4,8,10-11H,5-7,9,17H2;1H. The molecule has 1 unspecified atom stereocenters. The maximum absolute atomic E-state index is 12.4. The molecule has 0 bridgehead atoms. The minimum atomic E-state index is 0. The van der Waals surface area contributed by atoms with Gasteiger partial charge in [-0.15, -0.1) is 12.4 Å². The highest BCUT2D eigenvalue weighted by Gasteiger charge is 2.26. The Kier molecular flexibility index (Phi) is 5.45. The molecule has 7 heteroatoms. The van der Waals surface area contributed by atoms with Crippen molar-refractivity contribution >= 4 is 29.9 Å². The van der Waals surface area contributed by atoms with Crippen LogP contribution in [0.25, 0.3) is 5.69 Å². The lowest BCUT2D eigenvalue weighted by molar-refractivity contribution is 0.0787. The van der Waals surface area contributed by atoms with Crippen LogP contribution >= 0.6 is 24.0 Å². The van der Waals surface area contributed by atoms with Crippen LogP contribution < -0.4 is 5.73 Å². The van der Waals surface area contributed by atoms with Crippen LogP contribution in [0.4, 0.5) is 0 Å². The van der Waals surface area contributed by atoms with E-state index < -0.39 is 0 Å². The van der Waals surface area contributed by atoms with E-state index in [2.05, 4.69) is 5.10 Å². The van der Waals surface area contributed by atoms with Gasteiger partial charge in [-0.1, -0.05) is 11.6 Å². The van der Waals surface area contributed by atoms with E-state index in [9.17, 15) is 4.79 Å². The molecule has 118 valence electrons. The zero-order chi connectivity index (χ0) is 14.8. The summed E-state index contributed by atoms with van der Waals surface area (Å²) in [5.41, 5.74) is 7.14. The first-order valence-electron chi connectivity index (χ1n) is 6.97. The number of nitrogens with two attached hydrogens (primary N) is 1. The Bertz CT molecular complexity index is 641. The highest BCUT2D eigenvalue weighted by atomic mass is 35.5. The summed E-state index contributed by atoms with van der Waals surface area (Å²) in [4.78, 5) is 14.3. The number of hydrogen-bond donors (Lipinski definition) is 1. The Labute approximate surface area is 140 Å². The van der Waals surface area contributed by atoms with Gasteiger partial charge in [-0.3, -0.25) is 4.79 Å². The number of carbonyl (C=O) groups excluding carboxylic acids is 1. The number of carbonyl (C=O) groups is 1. The van der Waals surface area contributed by atoms with Gasteiger partial charge in [0.25, 0.3) is 5.91 Å². The highest BCUT2D eigenvalue weighted by Crippen LogP contribution is 2.18. The first kappa shape index (κ1) is 16.8. The maximum Gasteiger partial charge on any atom is 0.257 e. The van der Waals surface area contributed by atoms with E-state index in [0.717, 1.165) is 25.2 Å². The highest BCUT2D eigenvalue weighted by molar-refractivity contribution is 6.30. The van der Waals surface area contributed by atoms with E-state index in [1.807, 2.05) is 17.0 Å². The molecule has 0 aliphatic carbocycles. The fourth-order valence-corrected chi connectivity index (χ4v) is 2.69. The Morgan fingerprint density at radius 3 is 2.73 bits per heavy atom. The van der Waals surface area contributed by atoms with Crippen LogP contribution in [-0.2, 0) is 0 Å². The molecule has 2 heterocycles. The normalized spacial score (nSPS) is 17.4. The van der Waals surface area contributed by atoms with Crippen molar-refractivity contribution in [3.05, 3.63) is 47.2 Å². The van der Waals surface area contributed by atoms with Crippen LogP contribution in [0, 0.1) is 5.92 Å². The molecule has 2 aromatic rings. The lowest BCUT2D eigenvalue weighted by Crippen LogP contribution is -2.29. The minimum absolute atomic E-state index is 0. The van der Waals surface area contributed by atoms with E-state index in [1.54, 1.807) is 29.2 Å². The van der Waals surface area contributed by atoms with Gasteiger partial charge >= 0.3 is 0 Å². The third-order valence-corrected chi connectivity index (χ3v) is 4.08. The maximum atomic E-state index is 12.4. The van der Waals surface area contributed by atoms with Crippen molar-refractivity contribution in [1.29, 1.82) is 0 Å². The molecule has 1 aliphatic rings. The topological polar surface area (TPSA) is 64.2 Å². The molecular weight excluding hydrogens is 323 g/mol. The number of halogens is 2. The third-order valence-electron chi connectivity index (χ3n) is 3.83. The van der Waals surface area contributed by atoms with Gasteiger partial charge in [-0.05, 0) is 43.1 Å². The number of likely N-dealkylation sites (tertiary alicyclic amines) is 1. The van der Waals surface area contributed by atoms with Crippen molar-refractivity contribution < 1.29 is 4.79 Å². The van der Waals surface area contributed by atoms with E-state index in [4.69, 9.17) is 17.3 Å². The van der Waals surface area contributed by atoms with Gasteiger partial charge in [0.2, 0.25) is 0 Å². The summed E-state index contributed by atoms with van der Waals surface area (Å²) in [5.74, 6) is 0.437. The van der Waals surface area contributed by atoms with E-state index in [0.29, 0.717) is 23.0 Å². The van der Waals surface area contributed by atoms with Gasteiger partial charge in [0.05, 0.1) is 17.4 Å². The number of nitrogens with zero attached hydrogens (tertiary/aromatic N) is 3. The van der Waals surface area contributed by atoms with Crippen LogP contribution in [0.15, 0.2) is 36.7 Å². The van der Waals surface area contributed by atoms with Gasteiger partial charge in [0, 0.05) is 24.3 Å². The van der Waals surface area contributed by atoms with Crippen LogP contribution in [-0.4, -0.2) is 40.2 Å². The summed E-state index contributed by atoms with van der Waals surface area (Å²) in [6.07, 6.45) is 4.33. The van der Waals surface area contributed by atoms with E-state index in [1.165, 1.54) is 0 Å². The molecule has 1 fully saturated rings. The van der Waals surface area contributed by atoms with E-state index in [-0.39, 0.29) is 18.3 Å². The first-order valence-corrected chi connectivity index (χ1v) is 7.35. The average molecular weight is 341 g/mol. The van der Waals surface area contributed by atoms with Gasteiger partial charge in [0.15, 0.2) is 0 Å². The quantitative estimate of drug-likeness (QED) is 0.932. The summed E-state index contributed by atoms with van der Waals surface area (Å²) in [6, 6.07) is 7.33. The fourth-order valence-electron chi connectivity index (χ4n) is 2.56. The summed E-state index contributed by atoms with van der Waals surface area (Å²) >= 11 is 5.87. The predicted molar refractivity (Wildman–Crippen MR) is 88.9 cm³/mol. The van der Waals surface area contributed by atoms with Crippen LogP contribution in [0.1, 0.15) is 16.8 Å². The molecule has 1 aromatic carbocycles. The van der Waals surface area contributed by atoms with Crippen LogP contribution in [0.5, 0.6) is 0 Å². The van der Waals surface area contributed by atoms with Crippen molar-refractivity contribution in [3.63, 3.8) is 0 Å². The first-order chi connectivity index (χ1) is 10.2. The average Bonchev–Trinajstić information content (AvgIpc) is 3.16. The summed E-state index contributed by atoms with van der Waals surface area (Å²) in [6.45, 7) is 2.14. The summed E-state index contributed by atoms with van der Waals surface area (Å²) in [7, 11) is 0. The second-order valence-electron chi connectivity index (χ2n) is 5.29. The van der Waals surface area contributed by atoms with Crippen molar-refractivity contribution in [3.8, 4) is 5.69 Å². The summed E-state index contributed by atoms with van der Waals surface area (Å²) < 4.78 is 1.68. The van der Waals surface area contributed by atoms with Gasteiger partial charge in [-0.25, -0.2) is 4.68 Å². The summed E-state index contributed by atoms with van der Waals surface area (Å²) in [5, 5.41) is 4.92. The molecule has 1 aliphatic heterocycles. The third kappa shape index (κ3) is 3.43. The monoisotopic (exact) mass is 340 g/mol. The Morgan fingerprint density at radius 2 is 2.09 bits per heavy atom. The zero-order valence-electron chi connectivity index (χ0n) is 12.0. The van der Waals surface area contributed by atoms with Crippen molar-refractivity contribution in [1.82, 2.24) is 14.7 Å². The number of benzene rings is 1. The Morgan fingerprint density at radius 1 is 1.36 bits per heavy atom. The number of rotatable bonds is 3. The predicted octanol–water partition coefficient (Wildman–Crippen LogP) is 2.37. The number of hydrogen-bond acceptors (Lipinski definition) is 3. The van der Waals surface area contributed by atoms with Gasteiger partial charge < -0.3 is 10.6 Å². The van der Waals surface area contributed by atoms with Crippen LogP contribution in [0.2, 0.25) is 5.02 Å².